The summed E-state index contributed by atoms with van der Waals surface area (Å²) in [7, 11) is 0. The maximum atomic E-state index is 13.2. The summed E-state index contributed by atoms with van der Waals surface area (Å²) in [6, 6.07) is 0.259. The number of ether oxygens (including phenoxy) is 1. The SMILES string of the molecule is CC1(Nc2nc(Nc3cnn(C4CCOCC4)c3)ncc2C(F)(F)F)CC1. The first-order valence-corrected chi connectivity index (χ1v) is 8.94. The zero-order chi connectivity index (χ0) is 19.1. The Balaban J connectivity index is 1.53. The van der Waals surface area contributed by atoms with E-state index in [2.05, 4.69) is 25.7 Å². The largest absolute Gasteiger partial charge is 0.421 e. The van der Waals surface area contributed by atoms with Gasteiger partial charge in [-0.25, -0.2) is 4.98 Å². The molecule has 2 fully saturated rings. The normalized spacial score (nSPS) is 19.7. The third-order valence-electron chi connectivity index (χ3n) is 4.94. The minimum Gasteiger partial charge on any atom is -0.381 e. The number of nitrogens with zero attached hydrogens (tertiary/aromatic N) is 4. The molecule has 0 amide bonds. The quantitative estimate of drug-likeness (QED) is 0.820. The van der Waals surface area contributed by atoms with Crippen molar-refractivity contribution in [1.29, 1.82) is 0 Å². The smallest absolute Gasteiger partial charge is 0.381 e. The van der Waals surface area contributed by atoms with Gasteiger partial charge in [0, 0.05) is 31.1 Å². The molecule has 2 aromatic heterocycles. The van der Waals surface area contributed by atoms with E-state index in [9.17, 15) is 13.2 Å². The first-order valence-electron chi connectivity index (χ1n) is 8.94. The van der Waals surface area contributed by atoms with Crippen LogP contribution in [-0.4, -0.2) is 38.5 Å². The van der Waals surface area contributed by atoms with Crippen molar-refractivity contribution in [1.82, 2.24) is 19.7 Å². The molecule has 1 aliphatic heterocycles. The minimum atomic E-state index is -4.51. The Labute approximate surface area is 154 Å². The van der Waals surface area contributed by atoms with Gasteiger partial charge in [0.25, 0.3) is 0 Å². The van der Waals surface area contributed by atoms with E-state index < -0.39 is 11.7 Å². The van der Waals surface area contributed by atoms with Gasteiger partial charge in [-0.2, -0.15) is 23.3 Å². The molecule has 0 bridgehead atoms. The van der Waals surface area contributed by atoms with E-state index in [0.29, 0.717) is 18.9 Å². The van der Waals surface area contributed by atoms with Gasteiger partial charge < -0.3 is 15.4 Å². The Morgan fingerprint density at radius 2 is 1.96 bits per heavy atom. The fraction of sp³-hybridized carbons (Fsp3) is 0.588. The zero-order valence-corrected chi connectivity index (χ0v) is 14.9. The van der Waals surface area contributed by atoms with Crippen LogP contribution in [0.25, 0.3) is 0 Å². The molecule has 2 aromatic rings. The van der Waals surface area contributed by atoms with E-state index in [0.717, 1.165) is 31.9 Å². The Hall–Kier alpha value is -2.36. The molecule has 0 atom stereocenters. The monoisotopic (exact) mass is 382 g/mol. The predicted molar refractivity (Wildman–Crippen MR) is 92.9 cm³/mol. The van der Waals surface area contributed by atoms with Gasteiger partial charge in [0.05, 0.1) is 17.9 Å². The fourth-order valence-corrected chi connectivity index (χ4v) is 3.02. The molecule has 7 nitrogen and oxygen atoms in total. The molecular formula is C17H21F3N6O. The van der Waals surface area contributed by atoms with Gasteiger partial charge >= 0.3 is 6.18 Å². The molecule has 146 valence electrons. The van der Waals surface area contributed by atoms with E-state index in [1.54, 1.807) is 6.20 Å². The molecule has 27 heavy (non-hydrogen) atoms. The average Bonchev–Trinajstić information content (AvgIpc) is 3.16. The third kappa shape index (κ3) is 4.15. The van der Waals surface area contributed by atoms with Crippen LogP contribution in [0.2, 0.25) is 0 Å². The maximum Gasteiger partial charge on any atom is 0.421 e. The van der Waals surface area contributed by atoms with Crippen LogP contribution in [0.1, 0.15) is 44.2 Å². The third-order valence-corrected chi connectivity index (χ3v) is 4.94. The standard InChI is InChI=1S/C17H21F3N6O/c1-16(4-5-16)25-14-13(17(18,19)20)9-21-15(24-14)23-11-8-22-26(10-11)12-2-6-27-7-3-12/h8-10,12H,2-7H2,1H3,(H2,21,23,24,25). The van der Waals surface area contributed by atoms with Gasteiger partial charge in [-0.3, -0.25) is 4.68 Å². The molecule has 1 aliphatic carbocycles. The number of aromatic nitrogens is 4. The Morgan fingerprint density at radius 3 is 2.63 bits per heavy atom. The topological polar surface area (TPSA) is 76.9 Å². The van der Waals surface area contributed by atoms with Gasteiger partial charge in [0.2, 0.25) is 5.95 Å². The van der Waals surface area contributed by atoms with Gasteiger partial charge in [-0.1, -0.05) is 0 Å². The van der Waals surface area contributed by atoms with Crippen LogP contribution in [0.15, 0.2) is 18.6 Å². The lowest BCUT2D eigenvalue weighted by molar-refractivity contribution is -0.137. The van der Waals surface area contributed by atoms with Crippen molar-refractivity contribution in [2.24, 2.45) is 0 Å². The number of alkyl halides is 3. The molecule has 1 saturated heterocycles. The first-order chi connectivity index (χ1) is 12.8. The summed E-state index contributed by atoms with van der Waals surface area (Å²) in [4.78, 5) is 7.91. The highest BCUT2D eigenvalue weighted by atomic mass is 19.4. The van der Waals surface area contributed by atoms with E-state index in [1.165, 1.54) is 0 Å². The van der Waals surface area contributed by atoms with Crippen molar-refractivity contribution in [2.75, 3.05) is 23.8 Å². The second kappa shape index (κ2) is 6.66. The molecule has 0 spiro atoms. The molecule has 0 aromatic carbocycles. The summed E-state index contributed by atoms with van der Waals surface area (Å²) >= 11 is 0. The molecule has 2 aliphatic rings. The second-order valence-electron chi connectivity index (χ2n) is 7.32. The summed E-state index contributed by atoms with van der Waals surface area (Å²) in [5.41, 5.74) is -0.566. The van der Waals surface area contributed by atoms with Gasteiger partial charge in [0.1, 0.15) is 11.4 Å². The van der Waals surface area contributed by atoms with Crippen LogP contribution >= 0.6 is 0 Å². The highest BCUT2D eigenvalue weighted by molar-refractivity contribution is 5.56. The molecular weight excluding hydrogens is 361 g/mol. The zero-order valence-electron chi connectivity index (χ0n) is 14.9. The van der Waals surface area contributed by atoms with Crippen molar-refractivity contribution in [3.05, 3.63) is 24.2 Å². The lowest BCUT2D eigenvalue weighted by Gasteiger charge is -2.22. The van der Waals surface area contributed by atoms with Crippen LogP contribution < -0.4 is 10.6 Å². The van der Waals surface area contributed by atoms with Gasteiger partial charge in [-0.15, -0.1) is 0 Å². The maximum absolute atomic E-state index is 13.2. The summed E-state index contributed by atoms with van der Waals surface area (Å²) < 4.78 is 46.9. The molecule has 2 N–H and O–H groups in total. The van der Waals surface area contributed by atoms with Crippen molar-refractivity contribution in [3.63, 3.8) is 0 Å². The van der Waals surface area contributed by atoms with E-state index in [4.69, 9.17) is 4.74 Å². The molecule has 1 saturated carbocycles. The van der Waals surface area contributed by atoms with E-state index in [-0.39, 0.29) is 23.3 Å². The number of hydrogen-bond donors (Lipinski definition) is 2. The van der Waals surface area contributed by atoms with Crippen LogP contribution in [-0.2, 0) is 10.9 Å². The number of hydrogen-bond acceptors (Lipinski definition) is 6. The Morgan fingerprint density at radius 1 is 1.22 bits per heavy atom. The minimum absolute atomic E-state index is 0.0984. The number of halogens is 3. The highest BCUT2D eigenvalue weighted by Gasteiger charge is 2.42. The van der Waals surface area contributed by atoms with Crippen molar-refractivity contribution in [2.45, 2.75) is 50.4 Å². The van der Waals surface area contributed by atoms with Crippen molar-refractivity contribution in [3.8, 4) is 0 Å². The van der Waals surface area contributed by atoms with E-state index in [1.807, 2.05) is 17.8 Å². The summed E-state index contributed by atoms with van der Waals surface area (Å²) in [6.45, 7) is 3.27. The second-order valence-corrected chi connectivity index (χ2v) is 7.32. The van der Waals surface area contributed by atoms with Crippen LogP contribution in [0.4, 0.5) is 30.6 Å². The molecule has 3 heterocycles. The lowest BCUT2D eigenvalue weighted by Crippen LogP contribution is -2.21. The van der Waals surface area contributed by atoms with Crippen LogP contribution in [0, 0.1) is 0 Å². The molecule has 0 radical (unpaired) electrons. The van der Waals surface area contributed by atoms with Gasteiger partial charge in [0.15, 0.2) is 0 Å². The number of rotatable bonds is 5. The van der Waals surface area contributed by atoms with Gasteiger partial charge in [-0.05, 0) is 32.6 Å². The number of anilines is 3. The molecule has 10 heteroatoms. The predicted octanol–water partition coefficient (Wildman–Crippen LogP) is 3.75. The summed E-state index contributed by atoms with van der Waals surface area (Å²) in [6.07, 6.45) is 3.11. The van der Waals surface area contributed by atoms with E-state index >= 15 is 0 Å². The van der Waals surface area contributed by atoms with Crippen LogP contribution in [0.3, 0.4) is 0 Å². The van der Waals surface area contributed by atoms with Crippen molar-refractivity contribution < 1.29 is 17.9 Å². The highest BCUT2D eigenvalue weighted by Crippen LogP contribution is 2.41. The number of nitrogens with one attached hydrogen (secondary N) is 2. The molecule has 0 unspecified atom stereocenters. The first kappa shape index (κ1) is 18.0. The lowest BCUT2D eigenvalue weighted by atomic mass is 10.1. The molecule has 4 rings (SSSR count). The average molecular weight is 382 g/mol. The Kier molecular flexibility index (Phi) is 4.45. The van der Waals surface area contributed by atoms with Crippen LogP contribution in [0.5, 0.6) is 0 Å². The summed E-state index contributed by atoms with van der Waals surface area (Å²) in [5.74, 6) is -0.0990. The summed E-state index contributed by atoms with van der Waals surface area (Å²) in [5, 5.41) is 10.2. The van der Waals surface area contributed by atoms with Crippen molar-refractivity contribution >= 4 is 17.5 Å². The fourth-order valence-electron chi connectivity index (χ4n) is 3.02. The Bertz CT molecular complexity index is 811.